The first kappa shape index (κ1) is 12.7. The predicted molar refractivity (Wildman–Crippen MR) is 68.6 cm³/mol. The lowest BCUT2D eigenvalue weighted by Gasteiger charge is -2.07. The fourth-order valence-electron chi connectivity index (χ4n) is 1.05. The van der Waals surface area contributed by atoms with Crippen molar-refractivity contribution in [3.8, 4) is 11.6 Å². The van der Waals surface area contributed by atoms with Crippen LogP contribution in [0.3, 0.4) is 0 Å². The van der Waals surface area contributed by atoms with Crippen molar-refractivity contribution >= 4 is 46.4 Å². The topological polar surface area (TPSA) is 35.0 Å². The molecule has 0 bridgehead atoms. The molecule has 7 heteroatoms. The molecular weight excluding hydrogens is 306 g/mol. The molecular formula is C10H4Cl4N2O. The summed E-state index contributed by atoms with van der Waals surface area (Å²) in [6.45, 7) is 0. The van der Waals surface area contributed by atoms with Crippen LogP contribution >= 0.6 is 46.4 Å². The number of nitrogens with zero attached hydrogens (tertiary/aromatic N) is 2. The minimum atomic E-state index is 0.259. The summed E-state index contributed by atoms with van der Waals surface area (Å²) in [5.74, 6) is 0.604. The van der Waals surface area contributed by atoms with Crippen LogP contribution in [0.2, 0.25) is 20.2 Å². The summed E-state index contributed by atoms with van der Waals surface area (Å²) in [5.41, 5.74) is 0. The molecule has 0 amide bonds. The zero-order valence-electron chi connectivity index (χ0n) is 8.12. The van der Waals surface area contributed by atoms with Gasteiger partial charge in [-0.25, -0.2) is 0 Å². The Balaban J connectivity index is 2.30. The van der Waals surface area contributed by atoms with Crippen molar-refractivity contribution in [3.63, 3.8) is 0 Å². The van der Waals surface area contributed by atoms with E-state index in [1.54, 1.807) is 12.1 Å². The van der Waals surface area contributed by atoms with Crippen LogP contribution in [0.25, 0.3) is 0 Å². The summed E-state index contributed by atoms with van der Waals surface area (Å²) >= 11 is 23.2. The third-order valence-corrected chi connectivity index (χ3v) is 3.02. The Hall–Kier alpha value is -0.740. The van der Waals surface area contributed by atoms with E-state index >= 15 is 0 Å². The maximum atomic E-state index is 5.94. The van der Waals surface area contributed by atoms with Crippen LogP contribution in [0.5, 0.6) is 11.6 Å². The molecule has 0 spiro atoms. The summed E-state index contributed by atoms with van der Waals surface area (Å²) in [6.07, 6.45) is 0. The minimum absolute atomic E-state index is 0.259. The second-order valence-corrected chi connectivity index (χ2v) is 4.60. The van der Waals surface area contributed by atoms with E-state index in [0.29, 0.717) is 20.8 Å². The van der Waals surface area contributed by atoms with Gasteiger partial charge in [0.15, 0.2) is 5.15 Å². The zero-order chi connectivity index (χ0) is 12.4. The van der Waals surface area contributed by atoms with Crippen LogP contribution in [0.1, 0.15) is 0 Å². The molecule has 88 valence electrons. The van der Waals surface area contributed by atoms with Gasteiger partial charge in [-0.05, 0) is 12.1 Å². The Bertz CT molecular complexity index is 545. The maximum absolute atomic E-state index is 5.94. The largest absolute Gasteiger partial charge is 0.436 e. The minimum Gasteiger partial charge on any atom is -0.436 e. The van der Waals surface area contributed by atoms with Gasteiger partial charge in [-0.15, -0.1) is 10.2 Å². The molecule has 0 saturated carbocycles. The third kappa shape index (κ3) is 3.13. The lowest BCUT2D eigenvalue weighted by atomic mass is 10.3. The van der Waals surface area contributed by atoms with Gasteiger partial charge >= 0.3 is 0 Å². The number of halogens is 4. The van der Waals surface area contributed by atoms with Gasteiger partial charge in [-0.1, -0.05) is 46.4 Å². The molecule has 1 heterocycles. The van der Waals surface area contributed by atoms with Crippen molar-refractivity contribution in [2.45, 2.75) is 0 Å². The van der Waals surface area contributed by atoms with Gasteiger partial charge in [-0.3, -0.25) is 0 Å². The van der Waals surface area contributed by atoms with Gasteiger partial charge in [-0.2, -0.15) is 0 Å². The molecule has 0 saturated heterocycles. The van der Waals surface area contributed by atoms with E-state index in [4.69, 9.17) is 51.1 Å². The molecule has 0 unspecified atom stereocenters. The summed E-state index contributed by atoms with van der Waals surface area (Å²) in [5, 5.41) is 8.66. The number of benzene rings is 1. The van der Waals surface area contributed by atoms with E-state index < -0.39 is 0 Å². The van der Waals surface area contributed by atoms with E-state index in [1.807, 2.05) is 0 Å². The van der Waals surface area contributed by atoms with Crippen molar-refractivity contribution in [1.29, 1.82) is 0 Å². The van der Waals surface area contributed by atoms with Gasteiger partial charge < -0.3 is 4.74 Å². The molecule has 2 aromatic rings. The highest BCUT2D eigenvalue weighted by Crippen LogP contribution is 2.35. The van der Waals surface area contributed by atoms with E-state index in [-0.39, 0.29) is 11.0 Å². The SMILES string of the molecule is Clc1ccc(Oc2cc(Cl)c(Cl)cc2Cl)nn1. The van der Waals surface area contributed by atoms with Crippen LogP contribution in [0.15, 0.2) is 24.3 Å². The molecule has 0 aliphatic heterocycles. The second kappa shape index (κ2) is 5.27. The van der Waals surface area contributed by atoms with Crippen molar-refractivity contribution in [2.24, 2.45) is 0 Å². The number of hydrogen-bond donors (Lipinski definition) is 0. The van der Waals surface area contributed by atoms with Crippen LogP contribution in [0.4, 0.5) is 0 Å². The zero-order valence-corrected chi connectivity index (χ0v) is 11.1. The summed E-state index contributed by atoms with van der Waals surface area (Å²) < 4.78 is 5.39. The van der Waals surface area contributed by atoms with Crippen LogP contribution in [-0.2, 0) is 0 Å². The first-order chi connectivity index (χ1) is 8.06. The monoisotopic (exact) mass is 308 g/mol. The molecule has 1 aromatic heterocycles. The molecule has 0 aliphatic carbocycles. The summed E-state index contributed by atoms with van der Waals surface area (Å²) in [6, 6.07) is 6.11. The van der Waals surface area contributed by atoms with E-state index in [0.717, 1.165) is 0 Å². The molecule has 0 N–H and O–H groups in total. The Kier molecular flexibility index (Phi) is 3.94. The average Bonchev–Trinajstić information content (AvgIpc) is 2.29. The van der Waals surface area contributed by atoms with Gasteiger partial charge in [0.1, 0.15) is 5.75 Å². The molecule has 0 atom stereocenters. The second-order valence-electron chi connectivity index (χ2n) is 2.99. The smallest absolute Gasteiger partial charge is 0.239 e. The van der Waals surface area contributed by atoms with Gasteiger partial charge in [0, 0.05) is 12.1 Å². The van der Waals surface area contributed by atoms with Crippen LogP contribution in [0, 0.1) is 0 Å². The quantitative estimate of drug-likeness (QED) is 0.741. The summed E-state index contributed by atoms with van der Waals surface area (Å²) in [4.78, 5) is 0. The van der Waals surface area contributed by atoms with Gasteiger partial charge in [0.2, 0.25) is 5.88 Å². The maximum Gasteiger partial charge on any atom is 0.239 e. The highest BCUT2D eigenvalue weighted by molar-refractivity contribution is 6.43. The molecule has 0 aliphatic rings. The van der Waals surface area contributed by atoms with Crippen molar-refractivity contribution in [2.75, 3.05) is 0 Å². The van der Waals surface area contributed by atoms with Gasteiger partial charge in [0.25, 0.3) is 0 Å². The molecule has 17 heavy (non-hydrogen) atoms. The molecule has 0 fully saturated rings. The van der Waals surface area contributed by atoms with Crippen LogP contribution in [-0.4, -0.2) is 10.2 Å². The normalized spacial score (nSPS) is 10.4. The number of hydrogen-bond acceptors (Lipinski definition) is 3. The Morgan fingerprint density at radius 2 is 1.53 bits per heavy atom. The number of rotatable bonds is 2. The molecule has 1 aromatic carbocycles. The summed E-state index contributed by atoms with van der Waals surface area (Å²) in [7, 11) is 0. The van der Waals surface area contributed by atoms with Crippen molar-refractivity contribution in [3.05, 3.63) is 44.5 Å². The van der Waals surface area contributed by atoms with Crippen molar-refractivity contribution in [1.82, 2.24) is 10.2 Å². The Labute approximate surface area is 117 Å². The Morgan fingerprint density at radius 1 is 0.824 bits per heavy atom. The predicted octanol–water partition coefficient (Wildman–Crippen LogP) is 4.88. The lowest BCUT2D eigenvalue weighted by molar-refractivity contribution is 0.455. The fraction of sp³-hybridized carbons (Fsp3) is 0. The Morgan fingerprint density at radius 3 is 2.18 bits per heavy atom. The van der Waals surface area contributed by atoms with E-state index in [1.165, 1.54) is 12.1 Å². The standard InChI is InChI=1S/C10H4Cl4N2O/c11-5-3-7(13)8(4-6(5)12)17-10-2-1-9(14)15-16-10/h1-4H. The highest BCUT2D eigenvalue weighted by Gasteiger charge is 2.09. The molecule has 0 radical (unpaired) electrons. The third-order valence-electron chi connectivity index (χ3n) is 1.80. The highest BCUT2D eigenvalue weighted by atomic mass is 35.5. The van der Waals surface area contributed by atoms with Gasteiger partial charge in [0.05, 0.1) is 15.1 Å². The molecule has 3 nitrogen and oxygen atoms in total. The first-order valence-electron chi connectivity index (χ1n) is 4.38. The first-order valence-corrected chi connectivity index (χ1v) is 5.89. The van der Waals surface area contributed by atoms with E-state index in [2.05, 4.69) is 10.2 Å². The molecule has 2 rings (SSSR count). The average molecular weight is 310 g/mol. The van der Waals surface area contributed by atoms with E-state index in [9.17, 15) is 0 Å². The lowest BCUT2D eigenvalue weighted by Crippen LogP contribution is -1.91. The van der Waals surface area contributed by atoms with Crippen LogP contribution < -0.4 is 4.74 Å². The fourth-order valence-corrected chi connectivity index (χ4v) is 1.73. The van der Waals surface area contributed by atoms with Crippen molar-refractivity contribution < 1.29 is 4.74 Å². The number of ether oxygens (including phenoxy) is 1. The number of aromatic nitrogens is 2.